The van der Waals surface area contributed by atoms with Gasteiger partial charge >= 0.3 is 0 Å². The van der Waals surface area contributed by atoms with E-state index in [-0.39, 0.29) is 0 Å². The van der Waals surface area contributed by atoms with E-state index in [0.29, 0.717) is 6.04 Å². The van der Waals surface area contributed by atoms with E-state index in [9.17, 15) is 0 Å². The zero-order valence-corrected chi connectivity index (χ0v) is 19.2. The topological polar surface area (TPSA) is 65.0 Å². The van der Waals surface area contributed by atoms with Gasteiger partial charge in [0.2, 0.25) is 0 Å². The highest BCUT2D eigenvalue weighted by atomic mass is 32.1. The summed E-state index contributed by atoms with van der Waals surface area (Å²) >= 11 is 1.81. The monoisotopic (exact) mass is 442 g/mol. The van der Waals surface area contributed by atoms with Gasteiger partial charge in [0, 0.05) is 57.4 Å². The van der Waals surface area contributed by atoms with Crippen molar-refractivity contribution < 1.29 is 4.74 Å². The van der Waals surface area contributed by atoms with Gasteiger partial charge in [0.05, 0.1) is 19.3 Å². The first-order valence-corrected chi connectivity index (χ1v) is 12.2. The molecule has 0 spiro atoms. The molecule has 1 unspecified atom stereocenters. The average Bonchev–Trinajstić information content (AvgIpc) is 3.37. The van der Waals surface area contributed by atoms with Crippen molar-refractivity contribution in [3.05, 3.63) is 46.3 Å². The maximum Gasteiger partial charge on any atom is 0.191 e. The Balaban J connectivity index is 1.33. The third-order valence-corrected chi connectivity index (χ3v) is 6.97. The van der Waals surface area contributed by atoms with Crippen molar-refractivity contribution in [3.63, 3.8) is 0 Å². The minimum Gasteiger partial charge on any atom is -0.379 e. The summed E-state index contributed by atoms with van der Waals surface area (Å²) in [7, 11) is 1.83. The molecule has 1 atom stereocenters. The fraction of sp³-hybridized carbons (Fsp3) is 0.565. The van der Waals surface area contributed by atoms with Crippen molar-refractivity contribution in [1.29, 1.82) is 0 Å². The number of guanidine groups is 1. The van der Waals surface area contributed by atoms with Crippen LogP contribution in [0.15, 0.2) is 40.8 Å². The third-order valence-electron chi connectivity index (χ3n) is 5.99. The standard InChI is InChI=1S/C23H34N6OS/c1-24-23(26-17-19-7-8-25-22(16-19)29-9-3-2-4-10-29)27-18-20(21-6-5-15-31-21)28-11-13-30-14-12-28/h5-8,15-16,20H,2-4,9-14,17-18H2,1H3,(H2,24,26,27). The number of nitrogens with zero attached hydrogens (tertiary/aromatic N) is 4. The number of hydrogen-bond donors (Lipinski definition) is 2. The van der Waals surface area contributed by atoms with Crippen LogP contribution >= 0.6 is 11.3 Å². The zero-order chi connectivity index (χ0) is 21.3. The fourth-order valence-electron chi connectivity index (χ4n) is 4.25. The van der Waals surface area contributed by atoms with Crippen LogP contribution in [0.3, 0.4) is 0 Å². The number of piperidine rings is 1. The van der Waals surface area contributed by atoms with Gasteiger partial charge in [0.15, 0.2) is 5.96 Å². The molecule has 8 heteroatoms. The van der Waals surface area contributed by atoms with Crippen molar-refractivity contribution in [2.24, 2.45) is 4.99 Å². The van der Waals surface area contributed by atoms with Crippen LogP contribution in [0.5, 0.6) is 0 Å². The molecule has 4 rings (SSSR count). The Kier molecular flexibility index (Phi) is 8.15. The number of thiophene rings is 1. The summed E-state index contributed by atoms with van der Waals surface area (Å²) in [6, 6.07) is 8.96. The molecule has 2 N–H and O–H groups in total. The second-order valence-electron chi connectivity index (χ2n) is 8.06. The largest absolute Gasteiger partial charge is 0.379 e. The average molecular weight is 443 g/mol. The van der Waals surface area contributed by atoms with Gasteiger partial charge in [-0.2, -0.15) is 0 Å². The predicted octanol–water partition coefficient (Wildman–Crippen LogP) is 2.87. The summed E-state index contributed by atoms with van der Waals surface area (Å²) in [5.74, 6) is 1.91. The maximum absolute atomic E-state index is 5.55. The van der Waals surface area contributed by atoms with Crippen molar-refractivity contribution in [1.82, 2.24) is 20.5 Å². The first-order chi connectivity index (χ1) is 15.3. The number of rotatable bonds is 7. The van der Waals surface area contributed by atoms with Gasteiger partial charge in [0.25, 0.3) is 0 Å². The van der Waals surface area contributed by atoms with E-state index in [4.69, 9.17) is 4.74 Å². The van der Waals surface area contributed by atoms with Crippen LogP contribution in [0, 0.1) is 0 Å². The van der Waals surface area contributed by atoms with Gasteiger partial charge in [-0.3, -0.25) is 9.89 Å². The first kappa shape index (κ1) is 22.0. The van der Waals surface area contributed by atoms with Crippen LogP contribution in [-0.4, -0.2) is 68.8 Å². The molecule has 2 fully saturated rings. The Hall–Kier alpha value is -2.16. The van der Waals surface area contributed by atoms with Crippen molar-refractivity contribution >= 4 is 23.1 Å². The van der Waals surface area contributed by atoms with E-state index in [1.54, 1.807) is 0 Å². The number of pyridine rings is 1. The molecule has 7 nitrogen and oxygen atoms in total. The molecular formula is C23H34N6OS. The van der Waals surface area contributed by atoms with Gasteiger partial charge < -0.3 is 20.3 Å². The Morgan fingerprint density at radius 3 is 2.74 bits per heavy atom. The van der Waals surface area contributed by atoms with Crippen LogP contribution in [0.4, 0.5) is 5.82 Å². The Labute approximate surface area is 189 Å². The molecule has 2 aromatic heterocycles. The Morgan fingerprint density at radius 1 is 1.16 bits per heavy atom. The summed E-state index contributed by atoms with van der Waals surface area (Å²) in [6.07, 6.45) is 5.77. The number of aromatic nitrogens is 1. The lowest BCUT2D eigenvalue weighted by Crippen LogP contribution is -2.46. The van der Waals surface area contributed by atoms with Gasteiger partial charge in [-0.05, 0) is 48.4 Å². The molecule has 0 aliphatic carbocycles. The Morgan fingerprint density at radius 2 is 2.00 bits per heavy atom. The van der Waals surface area contributed by atoms with Crippen LogP contribution in [-0.2, 0) is 11.3 Å². The van der Waals surface area contributed by atoms with E-state index >= 15 is 0 Å². The van der Waals surface area contributed by atoms with Crippen LogP contribution in [0.2, 0.25) is 0 Å². The van der Waals surface area contributed by atoms with E-state index in [0.717, 1.165) is 64.3 Å². The van der Waals surface area contributed by atoms with E-state index in [1.807, 2.05) is 24.6 Å². The van der Waals surface area contributed by atoms with Crippen molar-refractivity contribution in [3.8, 4) is 0 Å². The first-order valence-electron chi connectivity index (χ1n) is 11.3. The lowest BCUT2D eigenvalue weighted by Gasteiger charge is -2.34. The van der Waals surface area contributed by atoms with Crippen LogP contribution in [0.25, 0.3) is 0 Å². The van der Waals surface area contributed by atoms with Gasteiger partial charge in [-0.1, -0.05) is 6.07 Å². The molecule has 31 heavy (non-hydrogen) atoms. The molecule has 168 valence electrons. The quantitative estimate of drug-likeness (QED) is 0.508. The zero-order valence-electron chi connectivity index (χ0n) is 18.4. The molecule has 0 aromatic carbocycles. The molecule has 0 saturated carbocycles. The smallest absolute Gasteiger partial charge is 0.191 e. The van der Waals surface area contributed by atoms with Crippen LogP contribution < -0.4 is 15.5 Å². The maximum atomic E-state index is 5.55. The highest BCUT2D eigenvalue weighted by Gasteiger charge is 2.23. The summed E-state index contributed by atoms with van der Waals surface area (Å²) < 4.78 is 5.55. The fourth-order valence-corrected chi connectivity index (χ4v) is 5.11. The van der Waals surface area contributed by atoms with Gasteiger partial charge in [-0.15, -0.1) is 11.3 Å². The second-order valence-corrected chi connectivity index (χ2v) is 9.04. The highest BCUT2D eigenvalue weighted by Crippen LogP contribution is 2.25. The summed E-state index contributed by atoms with van der Waals surface area (Å²) in [5, 5.41) is 9.16. The summed E-state index contributed by atoms with van der Waals surface area (Å²) in [5.41, 5.74) is 1.22. The molecule has 2 aliphatic rings. The normalized spacial score (nSPS) is 19.3. The minimum absolute atomic E-state index is 0.328. The number of morpholine rings is 1. The minimum atomic E-state index is 0.328. The number of aliphatic imine (C=N–C) groups is 1. The second kappa shape index (κ2) is 11.5. The number of hydrogen-bond acceptors (Lipinski definition) is 6. The lowest BCUT2D eigenvalue weighted by molar-refractivity contribution is 0.0177. The molecular weight excluding hydrogens is 408 g/mol. The molecule has 0 bridgehead atoms. The van der Waals surface area contributed by atoms with E-state index in [1.165, 1.54) is 29.7 Å². The molecule has 0 radical (unpaired) electrons. The Bertz CT molecular complexity index is 815. The molecule has 2 aromatic rings. The summed E-state index contributed by atoms with van der Waals surface area (Å²) in [6.45, 7) is 7.29. The molecule has 4 heterocycles. The SMILES string of the molecule is CN=C(NCc1ccnc(N2CCCCC2)c1)NCC(c1cccs1)N1CCOCC1. The van der Waals surface area contributed by atoms with Crippen molar-refractivity contribution in [2.45, 2.75) is 31.8 Å². The molecule has 2 saturated heterocycles. The predicted molar refractivity (Wildman–Crippen MR) is 128 cm³/mol. The van der Waals surface area contributed by atoms with Crippen LogP contribution in [0.1, 0.15) is 35.7 Å². The van der Waals surface area contributed by atoms with Gasteiger partial charge in [-0.25, -0.2) is 4.98 Å². The number of nitrogens with one attached hydrogen (secondary N) is 2. The highest BCUT2D eigenvalue weighted by molar-refractivity contribution is 7.10. The van der Waals surface area contributed by atoms with E-state index in [2.05, 4.69) is 60.1 Å². The van der Waals surface area contributed by atoms with E-state index < -0.39 is 0 Å². The van der Waals surface area contributed by atoms with Crippen molar-refractivity contribution in [2.75, 3.05) is 57.9 Å². The summed E-state index contributed by atoms with van der Waals surface area (Å²) in [4.78, 5) is 15.3. The lowest BCUT2D eigenvalue weighted by atomic mass is 10.1. The molecule has 0 amide bonds. The van der Waals surface area contributed by atoms with Gasteiger partial charge in [0.1, 0.15) is 5.82 Å². The number of ether oxygens (including phenoxy) is 1. The number of anilines is 1. The third kappa shape index (κ3) is 6.18. The molecule has 2 aliphatic heterocycles.